The molecule has 2 atom stereocenters. The molecule has 2 aromatic carbocycles. The Morgan fingerprint density at radius 2 is 1.81 bits per heavy atom. The van der Waals surface area contributed by atoms with Crippen LogP contribution in [0.1, 0.15) is 74.3 Å². The van der Waals surface area contributed by atoms with Crippen molar-refractivity contribution in [3.63, 3.8) is 0 Å². The van der Waals surface area contributed by atoms with Gasteiger partial charge < -0.3 is 10.2 Å². The number of benzene rings is 2. The molecule has 4 heteroatoms. The summed E-state index contributed by atoms with van der Waals surface area (Å²) in [6.07, 6.45) is 2.67. The standard InChI is InChI=1S/C22H26FNO2/c1-3-5-13-22(26,17-8-10-18(23)11-9-17)20-12-7-16(15-24)14-19(20)21(25)6-4-2/h7-12,14,21,25-26H,3-6,13H2,1-2H3. The number of halogens is 1. The molecule has 138 valence electrons. The van der Waals surface area contributed by atoms with Gasteiger partial charge in [-0.3, -0.25) is 0 Å². The van der Waals surface area contributed by atoms with Gasteiger partial charge in [0.25, 0.3) is 0 Å². The highest BCUT2D eigenvalue weighted by atomic mass is 19.1. The van der Waals surface area contributed by atoms with Crippen molar-refractivity contribution in [2.75, 3.05) is 0 Å². The zero-order valence-electron chi connectivity index (χ0n) is 15.4. The molecular formula is C22H26FNO2. The van der Waals surface area contributed by atoms with Crippen molar-refractivity contribution in [2.45, 2.75) is 57.7 Å². The Labute approximate surface area is 154 Å². The van der Waals surface area contributed by atoms with Crippen LogP contribution in [0.5, 0.6) is 0 Å². The molecule has 0 saturated carbocycles. The minimum atomic E-state index is -1.35. The Morgan fingerprint density at radius 3 is 2.38 bits per heavy atom. The van der Waals surface area contributed by atoms with Crippen LogP contribution in [0.2, 0.25) is 0 Å². The van der Waals surface area contributed by atoms with Crippen LogP contribution in [0, 0.1) is 17.1 Å². The summed E-state index contributed by atoms with van der Waals surface area (Å²) in [6, 6.07) is 12.9. The van der Waals surface area contributed by atoms with Crippen LogP contribution in [0.3, 0.4) is 0 Å². The van der Waals surface area contributed by atoms with Crippen LogP contribution < -0.4 is 0 Å². The number of hydrogen-bond donors (Lipinski definition) is 2. The largest absolute Gasteiger partial charge is 0.388 e. The number of nitrogens with zero attached hydrogens (tertiary/aromatic N) is 1. The minimum Gasteiger partial charge on any atom is -0.388 e. The summed E-state index contributed by atoms with van der Waals surface area (Å²) >= 11 is 0. The molecule has 2 rings (SSSR count). The summed E-state index contributed by atoms with van der Waals surface area (Å²) in [5.74, 6) is -0.363. The fourth-order valence-corrected chi connectivity index (χ4v) is 3.31. The van der Waals surface area contributed by atoms with E-state index in [4.69, 9.17) is 0 Å². The maximum atomic E-state index is 13.4. The van der Waals surface area contributed by atoms with E-state index in [2.05, 4.69) is 6.07 Å². The molecule has 2 unspecified atom stereocenters. The Bertz CT molecular complexity index is 767. The lowest BCUT2D eigenvalue weighted by Gasteiger charge is -2.32. The fraction of sp³-hybridized carbons (Fsp3) is 0.409. The average molecular weight is 355 g/mol. The summed E-state index contributed by atoms with van der Waals surface area (Å²) in [5.41, 5.74) is 0.825. The quantitative estimate of drug-likeness (QED) is 0.703. The number of aliphatic hydroxyl groups is 2. The lowest BCUT2D eigenvalue weighted by atomic mass is 9.78. The van der Waals surface area contributed by atoms with Gasteiger partial charge in [0.1, 0.15) is 11.4 Å². The van der Waals surface area contributed by atoms with Crippen molar-refractivity contribution in [3.8, 4) is 6.07 Å². The normalized spacial score (nSPS) is 14.5. The van der Waals surface area contributed by atoms with E-state index >= 15 is 0 Å². The monoisotopic (exact) mass is 355 g/mol. The summed E-state index contributed by atoms with van der Waals surface area (Å²) in [4.78, 5) is 0. The lowest BCUT2D eigenvalue weighted by Crippen LogP contribution is -2.29. The first-order valence-electron chi connectivity index (χ1n) is 9.17. The number of nitriles is 1. The maximum absolute atomic E-state index is 13.4. The van der Waals surface area contributed by atoms with E-state index in [1.807, 2.05) is 13.8 Å². The van der Waals surface area contributed by atoms with Crippen LogP contribution in [0.15, 0.2) is 42.5 Å². The third-order valence-corrected chi connectivity index (χ3v) is 4.76. The van der Waals surface area contributed by atoms with Crippen molar-refractivity contribution in [1.82, 2.24) is 0 Å². The second kappa shape index (κ2) is 8.93. The predicted molar refractivity (Wildman–Crippen MR) is 99.9 cm³/mol. The van der Waals surface area contributed by atoms with Gasteiger partial charge in [-0.1, -0.05) is 51.3 Å². The second-order valence-corrected chi connectivity index (χ2v) is 6.69. The number of hydrogen-bond acceptors (Lipinski definition) is 3. The molecule has 0 bridgehead atoms. The van der Waals surface area contributed by atoms with Crippen LogP contribution in [0.25, 0.3) is 0 Å². The highest BCUT2D eigenvalue weighted by Gasteiger charge is 2.34. The van der Waals surface area contributed by atoms with E-state index in [0.717, 1.165) is 19.3 Å². The molecule has 2 N–H and O–H groups in total. The predicted octanol–water partition coefficient (Wildman–Crippen LogP) is 4.96. The van der Waals surface area contributed by atoms with Gasteiger partial charge in [-0.05, 0) is 53.8 Å². The molecule has 0 spiro atoms. The fourth-order valence-electron chi connectivity index (χ4n) is 3.31. The highest BCUT2D eigenvalue weighted by Crippen LogP contribution is 2.39. The molecule has 2 aromatic rings. The Morgan fingerprint density at radius 1 is 1.12 bits per heavy atom. The van der Waals surface area contributed by atoms with Crippen LogP contribution in [-0.2, 0) is 5.60 Å². The van der Waals surface area contributed by atoms with E-state index in [9.17, 15) is 19.9 Å². The van der Waals surface area contributed by atoms with Crippen molar-refractivity contribution in [3.05, 3.63) is 70.5 Å². The van der Waals surface area contributed by atoms with Crippen molar-refractivity contribution < 1.29 is 14.6 Å². The molecule has 3 nitrogen and oxygen atoms in total. The minimum absolute atomic E-state index is 0.363. The molecule has 0 aliphatic heterocycles. The van der Waals surface area contributed by atoms with Crippen LogP contribution in [0.4, 0.5) is 4.39 Å². The lowest BCUT2D eigenvalue weighted by molar-refractivity contribution is 0.0628. The first kappa shape index (κ1) is 20.1. The zero-order valence-corrected chi connectivity index (χ0v) is 15.4. The molecule has 0 saturated heterocycles. The topological polar surface area (TPSA) is 64.2 Å². The molecule has 0 aromatic heterocycles. The zero-order chi connectivity index (χ0) is 19.2. The van der Waals surface area contributed by atoms with Crippen molar-refractivity contribution in [2.24, 2.45) is 0 Å². The third-order valence-electron chi connectivity index (χ3n) is 4.76. The van der Waals surface area contributed by atoms with Gasteiger partial charge >= 0.3 is 0 Å². The van der Waals surface area contributed by atoms with E-state index in [1.54, 1.807) is 30.3 Å². The molecule has 0 radical (unpaired) electrons. The first-order valence-corrected chi connectivity index (χ1v) is 9.17. The maximum Gasteiger partial charge on any atom is 0.123 e. The molecule has 26 heavy (non-hydrogen) atoms. The SMILES string of the molecule is CCCCC(O)(c1ccc(F)cc1)c1ccc(C#N)cc1C(O)CCC. The van der Waals surface area contributed by atoms with E-state index in [-0.39, 0.29) is 5.82 Å². The van der Waals surface area contributed by atoms with Crippen LogP contribution in [-0.4, -0.2) is 10.2 Å². The highest BCUT2D eigenvalue weighted by molar-refractivity contribution is 5.46. The van der Waals surface area contributed by atoms with Gasteiger partial charge in [0.2, 0.25) is 0 Å². The first-order chi connectivity index (χ1) is 12.5. The molecule has 0 heterocycles. The van der Waals surface area contributed by atoms with Gasteiger partial charge in [0.15, 0.2) is 0 Å². The third kappa shape index (κ3) is 4.30. The smallest absolute Gasteiger partial charge is 0.123 e. The number of unbranched alkanes of at least 4 members (excludes halogenated alkanes) is 1. The number of aliphatic hydroxyl groups excluding tert-OH is 1. The average Bonchev–Trinajstić information content (AvgIpc) is 2.66. The van der Waals surface area contributed by atoms with Crippen LogP contribution >= 0.6 is 0 Å². The van der Waals surface area contributed by atoms with Gasteiger partial charge in [-0.15, -0.1) is 0 Å². The summed E-state index contributed by atoms with van der Waals surface area (Å²) in [7, 11) is 0. The Hall–Kier alpha value is -2.22. The van der Waals surface area contributed by atoms with Crippen molar-refractivity contribution in [1.29, 1.82) is 5.26 Å². The van der Waals surface area contributed by atoms with E-state index in [1.165, 1.54) is 12.1 Å². The summed E-state index contributed by atoms with van der Waals surface area (Å²) in [6.45, 7) is 4.01. The Kier molecular flexibility index (Phi) is 6.90. The molecular weight excluding hydrogens is 329 g/mol. The summed E-state index contributed by atoms with van der Waals surface area (Å²) < 4.78 is 13.4. The molecule has 0 aliphatic carbocycles. The van der Waals surface area contributed by atoms with E-state index < -0.39 is 11.7 Å². The van der Waals surface area contributed by atoms with Gasteiger partial charge in [-0.25, -0.2) is 4.39 Å². The molecule has 0 amide bonds. The van der Waals surface area contributed by atoms with Gasteiger partial charge in [0, 0.05) is 0 Å². The van der Waals surface area contributed by atoms with Gasteiger partial charge in [-0.2, -0.15) is 5.26 Å². The van der Waals surface area contributed by atoms with Gasteiger partial charge in [0.05, 0.1) is 17.7 Å². The number of rotatable bonds is 8. The molecule has 0 fully saturated rings. The summed E-state index contributed by atoms with van der Waals surface area (Å²) in [5, 5.41) is 31.5. The van der Waals surface area contributed by atoms with Crippen molar-refractivity contribution >= 4 is 0 Å². The van der Waals surface area contributed by atoms with E-state index in [0.29, 0.717) is 35.1 Å². The second-order valence-electron chi connectivity index (χ2n) is 6.69. The Balaban J connectivity index is 2.63. The molecule has 0 aliphatic rings.